The van der Waals surface area contributed by atoms with E-state index < -0.39 is 47.4 Å². The molecule has 0 bridgehead atoms. The number of carbonyl (C=O) groups excluding carboxylic acids is 3. The Hall–Kier alpha value is -3.16. The van der Waals surface area contributed by atoms with E-state index in [1.165, 1.54) is 38.1 Å². The van der Waals surface area contributed by atoms with Crippen LogP contribution in [0.4, 0.5) is 13.2 Å². The van der Waals surface area contributed by atoms with Crippen LogP contribution in [0.5, 0.6) is 0 Å². The topological polar surface area (TPSA) is 115 Å². The Morgan fingerprint density at radius 1 is 1.24 bits per heavy atom. The molecule has 0 radical (unpaired) electrons. The minimum Gasteiger partial charge on any atom is -0.336 e. The summed E-state index contributed by atoms with van der Waals surface area (Å²) < 4.78 is 38.8. The molecule has 11 heteroatoms. The molecule has 2 heterocycles. The van der Waals surface area contributed by atoms with Gasteiger partial charge in [-0.15, -0.1) is 0 Å². The van der Waals surface area contributed by atoms with Crippen LogP contribution < -0.4 is 10.6 Å². The fourth-order valence-corrected chi connectivity index (χ4v) is 4.81. The zero-order chi connectivity index (χ0) is 25.6. The molecule has 3 rings (SSSR count). The Bertz CT molecular complexity index is 1010. The van der Waals surface area contributed by atoms with Gasteiger partial charge in [0.2, 0.25) is 11.8 Å². The minimum absolute atomic E-state index is 0.0231. The predicted molar refractivity (Wildman–Crippen MR) is 114 cm³/mol. The lowest BCUT2D eigenvalue weighted by atomic mass is 9.85. The maximum absolute atomic E-state index is 13.5. The van der Waals surface area contributed by atoms with Gasteiger partial charge in [0.15, 0.2) is 0 Å². The van der Waals surface area contributed by atoms with Crippen molar-refractivity contribution < 1.29 is 27.6 Å². The number of amides is 3. The highest BCUT2D eigenvalue weighted by atomic mass is 19.4. The number of rotatable bonds is 5. The summed E-state index contributed by atoms with van der Waals surface area (Å²) in [6.45, 7) is 8.70. The molecule has 3 amide bonds. The van der Waals surface area contributed by atoms with E-state index in [2.05, 4.69) is 10.3 Å². The van der Waals surface area contributed by atoms with Gasteiger partial charge in [0, 0.05) is 24.5 Å². The summed E-state index contributed by atoms with van der Waals surface area (Å²) >= 11 is 0. The molecule has 2 fully saturated rings. The van der Waals surface area contributed by atoms with Crippen molar-refractivity contribution in [2.75, 3.05) is 6.54 Å². The van der Waals surface area contributed by atoms with Gasteiger partial charge < -0.3 is 15.5 Å². The van der Waals surface area contributed by atoms with Crippen molar-refractivity contribution in [3.8, 4) is 6.07 Å². The average Bonchev–Trinajstić information content (AvgIpc) is 3.09. The van der Waals surface area contributed by atoms with E-state index in [-0.39, 0.29) is 23.8 Å². The second kappa shape index (κ2) is 8.56. The molecule has 1 aromatic heterocycles. The molecular formula is C23H28F3N5O3. The summed E-state index contributed by atoms with van der Waals surface area (Å²) in [5, 5.41) is 14.0. The summed E-state index contributed by atoms with van der Waals surface area (Å²) in [7, 11) is 0. The van der Waals surface area contributed by atoms with Crippen LogP contribution in [0.3, 0.4) is 0 Å². The van der Waals surface area contributed by atoms with Crippen molar-refractivity contribution in [3.63, 3.8) is 0 Å². The van der Waals surface area contributed by atoms with Crippen molar-refractivity contribution in [3.05, 3.63) is 30.1 Å². The van der Waals surface area contributed by atoms with E-state index in [0.29, 0.717) is 5.56 Å². The van der Waals surface area contributed by atoms with E-state index in [1.54, 1.807) is 12.1 Å². The summed E-state index contributed by atoms with van der Waals surface area (Å²) in [6.07, 6.45) is -2.19. The molecular weight excluding hydrogens is 451 g/mol. The standard InChI is InChI=1S/C23H28F3N5O3/c1-21(2,3)17(30-20(34)23(24,25)26)19(33)31-11-13-15(22(13,4)5)16(31)18(32)29-14(9-27)12-7-6-8-28-10-12/h6-8,10,13-17H,11H2,1-5H3,(H,29,32)(H,30,34)/t13-,14?,15-,16-,17+/m0/s1. The Labute approximate surface area is 195 Å². The number of likely N-dealkylation sites (tertiary alicyclic amines) is 1. The molecule has 1 aromatic rings. The minimum atomic E-state index is -5.15. The van der Waals surface area contributed by atoms with Gasteiger partial charge in [-0.3, -0.25) is 19.4 Å². The summed E-state index contributed by atoms with van der Waals surface area (Å²) in [5.41, 5.74) is -0.834. The Morgan fingerprint density at radius 2 is 1.88 bits per heavy atom. The number of fused-ring (bicyclic) bond motifs is 1. The molecule has 34 heavy (non-hydrogen) atoms. The molecule has 0 aromatic carbocycles. The van der Waals surface area contributed by atoms with Gasteiger partial charge in [0.25, 0.3) is 0 Å². The number of nitrogens with one attached hydrogen (secondary N) is 2. The molecule has 1 unspecified atom stereocenters. The first-order valence-electron chi connectivity index (χ1n) is 10.9. The highest BCUT2D eigenvalue weighted by Crippen LogP contribution is 2.65. The van der Waals surface area contributed by atoms with Crippen molar-refractivity contribution in [1.29, 1.82) is 5.26 Å². The van der Waals surface area contributed by atoms with Crippen molar-refractivity contribution in [1.82, 2.24) is 20.5 Å². The fraction of sp³-hybridized carbons (Fsp3) is 0.609. The average molecular weight is 480 g/mol. The molecule has 2 N–H and O–H groups in total. The van der Waals surface area contributed by atoms with E-state index >= 15 is 0 Å². The first-order valence-corrected chi connectivity index (χ1v) is 10.9. The maximum Gasteiger partial charge on any atom is 0.471 e. The van der Waals surface area contributed by atoms with Crippen LogP contribution in [0, 0.1) is 34.0 Å². The number of aromatic nitrogens is 1. The number of hydrogen-bond acceptors (Lipinski definition) is 5. The monoisotopic (exact) mass is 479 g/mol. The number of halogens is 3. The lowest BCUT2D eigenvalue weighted by Crippen LogP contribution is -2.60. The molecule has 2 aliphatic rings. The number of piperidine rings is 1. The molecule has 0 spiro atoms. The first-order chi connectivity index (χ1) is 15.6. The maximum atomic E-state index is 13.5. The van der Waals surface area contributed by atoms with Gasteiger partial charge in [-0.25, -0.2) is 0 Å². The van der Waals surface area contributed by atoms with E-state index in [0.717, 1.165) is 0 Å². The van der Waals surface area contributed by atoms with Crippen molar-refractivity contribution in [2.24, 2.45) is 22.7 Å². The Balaban J connectivity index is 1.87. The largest absolute Gasteiger partial charge is 0.471 e. The molecule has 1 saturated carbocycles. The molecule has 5 atom stereocenters. The smallest absolute Gasteiger partial charge is 0.336 e. The van der Waals surface area contributed by atoms with Crippen LogP contribution >= 0.6 is 0 Å². The number of nitrogens with zero attached hydrogens (tertiary/aromatic N) is 3. The normalized spacial score (nSPS) is 24.9. The van der Waals surface area contributed by atoms with Crippen LogP contribution in [0.1, 0.15) is 46.2 Å². The third kappa shape index (κ3) is 4.72. The van der Waals surface area contributed by atoms with Crippen LogP contribution in [-0.2, 0) is 14.4 Å². The Kier molecular flexibility index (Phi) is 6.41. The molecule has 1 aliphatic carbocycles. The molecule has 1 aliphatic heterocycles. The second-order valence-corrected chi connectivity index (χ2v) is 10.5. The van der Waals surface area contributed by atoms with Gasteiger partial charge >= 0.3 is 12.1 Å². The van der Waals surface area contributed by atoms with Crippen molar-refractivity contribution >= 4 is 17.7 Å². The van der Waals surface area contributed by atoms with Gasteiger partial charge in [-0.2, -0.15) is 18.4 Å². The third-order valence-corrected chi connectivity index (χ3v) is 6.84. The highest BCUT2D eigenvalue weighted by Gasteiger charge is 2.70. The van der Waals surface area contributed by atoms with E-state index in [4.69, 9.17) is 0 Å². The summed E-state index contributed by atoms with van der Waals surface area (Å²) in [5.74, 6) is -3.79. The lowest BCUT2D eigenvalue weighted by Gasteiger charge is -2.37. The fourth-order valence-electron chi connectivity index (χ4n) is 4.81. The second-order valence-electron chi connectivity index (χ2n) is 10.5. The SMILES string of the molecule is CC(C)(C)[C@H](NC(=O)C(F)(F)F)C(=O)N1C[C@H]2[C@@H]([C@H]1C(=O)NC(C#N)c1cccnc1)C2(C)C. The van der Waals surface area contributed by atoms with E-state index in [1.807, 2.05) is 25.2 Å². The molecule has 1 saturated heterocycles. The van der Waals surface area contributed by atoms with Gasteiger partial charge in [0.1, 0.15) is 18.1 Å². The molecule has 8 nitrogen and oxygen atoms in total. The van der Waals surface area contributed by atoms with Crippen LogP contribution in [0.2, 0.25) is 0 Å². The number of alkyl halides is 3. The van der Waals surface area contributed by atoms with Crippen LogP contribution in [0.25, 0.3) is 0 Å². The molecule has 184 valence electrons. The number of nitriles is 1. The zero-order valence-corrected chi connectivity index (χ0v) is 19.6. The quantitative estimate of drug-likeness (QED) is 0.673. The van der Waals surface area contributed by atoms with Crippen molar-refractivity contribution in [2.45, 2.75) is 58.9 Å². The predicted octanol–water partition coefficient (Wildman–Crippen LogP) is 2.34. The zero-order valence-electron chi connectivity index (χ0n) is 19.6. The van der Waals surface area contributed by atoms with Gasteiger partial charge in [-0.1, -0.05) is 40.7 Å². The number of carbonyl (C=O) groups is 3. The van der Waals surface area contributed by atoms with E-state index in [9.17, 15) is 32.8 Å². The highest BCUT2D eigenvalue weighted by molar-refractivity contribution is 5.95. The van der Waals surface area contributed by atoms with Gasteiger partial charge in [0.05, 0.1) is 6.07 Å². The third-order valence-electron chi connectivity index (χ3n) is 6.84. The van der Waals surface area contributed by atoms with Crippen LogP contribution in [-0.4, -0.2) is 52.4 Å². The Morgan fingerprint density at radius 3 is 2.38 bits per heavy atom. The lowest BCUT2D eigenvalue weighted by molar-refractivity contribution is -0.176. The van der Waals surface area contributed by atoms with Crippen LogP contribution in [0.15, 0.2) is 24.5 Å². The first kappa shape index (κ1) is 25.5. The summed E-state index contributed by atoms with van der Waals surface area (Å²) in [6, 6.07) is 1.76. The van der Waals surface area contributed by atoms with Gasteiger partial charge in [-0.05, 0) is 28.7 Å². The summed E-state index contributed by atoms with van der Waals surface area (Å²) in [4.78, 5) is 43.6. The number of pyridine rings is 1. The number of hydrogen-bond donors (Lipinski definition) is 2.